The molecule has 1 heterocycles. The number of nitrogens with zero attached hydrogens (tertiary/aromatic N) is 4. The molecular formula is C21H34IN5O. The fraction of sp³-hybridized carbons (Fsp3) is 0.524. The van der Waals surface area contributed by atoms with Gasteiger partial charge in [-0.1, -0.05) is 12.1 Å². The number of ether oxygens (including phenoxy) is 1. The van der Waals surface area contributed by atoms with Gasteiger partial charge in [-0.15, -0.1) is 24.0 Å². The second kappa shape index (κ2) is 12.6. The van der Waals surface area contributed by atoms with E-state index in [9.17, 15) is 0 Å². The smallest absolute Gasteiger partial charge is 0.193 e. The number of guanidine groups is 1. The third-order valence-corrected chi connectivity index (χ3v) is 4.24. The van der Waals surface area contributed by atoms with E-state index in [1.807, 2.05) is 26.0 Å². The molecule has 0 fully saturated rings. The second-order valence-electron chi connectivity index (χ2n) is 6.67. The van der Waals surface area contributed by atoms with Gasteiger partial charge in [-0.3, -0.25) is 9.67 Å². The maximum absolute atomic E-state index is 5.51. The molecule has 2 rings (SSSR count). The molecular weight excluding hydrogens is 465 g/mol. The highest BCUT2D eigenvalue weighted by Crippen LogP contribution is 2.13. The number of aryl methyl sites for hydroxylation is 3. The van der Waals surface area contributed by atoms with Crippen molar-refractivity contribution in [2.45, 2.75) is 47.2 Å². The largest absolute Gasteiger partial charge is 0.494 e. The SMILES string of the molecule is CCNC(=NCCCn1nc(C)cc1C)N(C)Cc1ccc(OCC)cc1.I. The van der Waals surface area contributed by atoms with Gasteiger partial charge in [-0.05, 0) is 57.9 Å². The monoisotopic (exact) mass is 499 g/mol. The van der Waals surface area contributed by atoms with Gasteiger partial charge in [0.15, 0.2) is 5.96 Å². The molecule has 0 atom stereocenters. The lowest BCUT2D eigenvalue weighted by atomic mass is 10.2. The number of aliphatic imine (C=N–C) groups is 1. The summed E-state index contributed by atoms with van der Waals surface area (Å²) in [5, 5.41) is 7.88. The van der Waals surface area contributed by atoms with Crippen LogP contribution in [0.2, 0.25) is 0 Å². The summed E-state index contributed by atoms with van der Waals surface area (Å²) in [4.78, 5) is 6.93. The van der Waals surface area contributed by atoms with Gasteiger partial charge < -0.3 is 15.0 Å². The molecule has 0 spiro atoms. The van der Waals surface area contributed by atoms with E-state index in [2.05, 4.69) is 59.1 Å². The van der Waals surface area contributed by atoms with Gasteiger partial charge in [-0.2, -0.15) is 5.10 Å². The number of nitrogens with one attached hydrogen (secondary N) is 1. The predicted molar refractivity (Wildman–Crippen MR) is 127 cm³/mol. The molecule has 0 unspecified atom stereocenters. The van der Waals surface area contributed by atoms with Gasteiger partial charge in [0, 0.05) is 38.9 Å². The molecule has 1 N–H and O–H groups in total. The molecule has 6 nitrogen and oxygen atoms in total. The zero-order valence-electron chi connectivity index (χ0n) is 17.7. The van der Waals surface area contributed by atoms with Crippen molar-refractivity contribution in [2.75, 3.05) is 26.7 Å². The summed E-state index contributed by atoms with van der Waals surface area (Å²) in [6.07, 6.45) is 0.966. The fourth-order valence-corrected chi connectivity index (χ4v) is 2.98. The third-order valence-electron chi connectivity index (χ3n) is 4.24. The van der Waals surface area contributed by atoms with Crippen molar-refractivity contribution in [2.24, 2.45) is 4.99 Å². The van der Waals surface area contributed by atoms with Gasteiger partial charge in [0.2, 0.25) is 0 Å². The first-order valence-corrected chi connectivity index (χ1v) is 9.75. The Morgan fingerprint density at radius 3 is 2.50 bits per heavy atom. The molecule has 0 aliphatic heterocycles. The first-order valence-electron chi connectivity index (χ1n) is 9.75. The van der Waals surface area contributed by atoms with Gasteiger partial charge in [0.25, 0.3) is 0 Å². The van der Waals surface area contributed by atoms with Gasteiger partial charge in [-0.25, -0.2) is 0 Å². The van der Waals surface area contributed by atoms with Gasteiger partial charge in [0.05, 0.1) is 12.3 Å². The first kappa shape index (κ1) is 24.3. The number of hydrogen-bond donors (Lipinski definition) is 1. The number of hydrogen-bond acceptors (Lipinski definition) is 3. The van der Waals surface area contributed by atoms with Crippen LogP contribution >= 0.6 is 24.0 Å². The molecule has 0 saturated carbocycles. The maximum Gasteiger partial charge on any atom is 0.193 e. The molecule has 7 heteroatoms. The highest BCUT2D eigenvalue weighted by atomic mass is 127. The molecule has 28 heavy (non-hydrogen) atoms. The average molecular weight is 499 g/mol. The number of rotatable bonds is 9. The zero-order chi connectivity index (χ0) is 19.6. The van der Waals surface area contributed by atoms with E-state index in [4.69, 9.17) is 9.73 Å². The Kier molecular flexibility index (Phi) is 11.0. The molecule has 156 valence electrons. The highest BCUT2D eigenvalue weighted by Gasteiger charge is 2.07. The summed E-state index contributed by atoms with van der Waals surface area (Å²) in [6, 6.07) is 10.4. The van der Waals surface area contributed by atoms with Crippen LogP contribution in [0.25, 0.3) is 0 Å². The number of halogens is 1. The lowest BCUT2D eigenvalue weighted by Crippen LogP contribution is -2.38. The van der Waals surface area contributed by atoms with Crippen LogP contribution in [0.1, 0.15) is 37.2 Å². The van der Waals surface area contributed by atoms with E-state index in [0.29, 0.717) is 6.61 Å². The predicted octanol–water partition coefficient (Wildman–Crippen LogP) is 4.00. The van der Waals surface area contributed by atoms with Gasteiger partial charge in [0.1, 0.15) is 5.75 Å². The highest BCUT2D eigenvalue weighted by molar-refractivity contribution is 14.0. The Hall–Kier alpha value is -1.77. The van der Waals surface area contributed by atoms with Crippen molar-refractivity contribution in [3.05, 3.63) is 47.3 Å². The lowest BCUT2D eigenvalue weighted by molar-refractivity contribution is 0.340. The number of aromatic nitrogens is 2. The molecule has 1 aromatic heterocycles. The molecule has 2 aromatic rings. The van der Waals surface area contributed by atoms with Crippen LogP contribution in [0.15, 0.2) is 35.3 Å². The summed E-state index contributed by atoms with van der Waals surface area (Å²) in [5.41, 5.74) is 3.50. The van der Waals surface area contributed by atoms with Crippen molar-refractivity contribution in [1.29, 1.82) is 0 Å². The van der Waals surface area contributed by atoms with E-state index in [0.717, 1.165) is 50.0 Å². The van der Waals surface area contributed by atoms with Crippen molar-refractivity contribution in [1.82, 2.24) is 20.0 Å². The van der Waals surface area contributed by atoms with E-state index >= 15 is 0 Å². The fourth-order valence-electron chi connectivity index (χ4n) is 2.98. The average Bonchev–Trinajstić information content (AvgIpc) is 2.96. The van der Waals surface area contributed by atoms with Gasteiger partial charge >= 0.3 is 0 Å². The molecule has 0 saturated heterocycles. The van der Waals surface area contributed by atoms with Crippen molar-refractivity contribution < 1.29 is 4.74 Å². The second-order valence-corrected chi connectivity index (χ2v) is 6.67. The van der Waals surface area contributed by atoms with Crippen LogP contribution in [0.5, 0.6) is 5.75 Å². The van der Waals surface area contributed by atoms with Crippen LogP contribution in [0.4, 0.5) is 0 Å². The van der Waals surface area contributed by atoms with Crippen molar-refractivity contribution in [3.63, 3.8) is 0 Å². The van der Waals surface area contributed by atoms with Crippen LogP contribution in [-0.2, 0) is 13.1 Å². The molecule has 0 radical (unpaired) electrons. The maximum atomic E-state index is 5.51. The van der Waals surface area contributed by atoms with Crippen LogP contribution in [0, 0.1) is 13.8 Å². The Bertz CT molecular complexity index is 727. The molecule has 0 bridgehead atoms. The minimum atomic E-state index is 0. The molecule has 1 aromatic carbocycles. The lowest BCUT2D eigenvalue weighted by Gasteiger charge is -2.22. The quantitative estimate of drug-likeness (QED) is 0.245. The minimum Gasteiger partial charge on any atom is -0.494 e. The molecule has 0 aliphatic carbocycles. The van der Waals surface area contributed by atoms with Crippen molar-refractivity contribution in [3.8, 4) is 5.75 Å². The topological polar surface area (TPSA) is 54.7 Å². The minimum absolute atomic E-state index is 0. The first-order chi connectivity index (χ1) is 13.0. The Labute approximate surface area is 186 Å². The van der Waals surface area contributed by atoms with Crippen molar-refractivity contribution >= 4 is 29.9 Å². The zero-order valence-corrected chi connectivity index (χ0v) is 20.1. The van der Waals surface area contributed by atoms with E-state index in [-0.39, 0.29) is 24.0 Å². The summed E-state index contributed by atoms with van der Waals surface area (Å²) < 4.78 is 7.56. The summed E-state index contributed by atoms with van der Waals surface area (Å²) in [6.45, 7) is 12.2. The van der Waals surface area contributed by atoms with Crippen LogP contribution in [0.3, 0.4) is 0 Å². The third kappa shape index (κ3) is 7.69. The van der Waals surface area contributed by atoms with E-state index < -0.39 is 0 Å². The Morgan fingerprint density at radius 1 is 1.21 bits per heavy atom. The van der Waals surface area contributed by atoms with Crippen LogP contribution < -0.4 is 10.1 Å². The van der Waals surface area contributed by atoms with E-state index in [1.54, 1.807) is 0 Å². The Morgan fingerprint density at radius 2 is 1.93 bits per heavy atom. The molecule has 0 amide bonds. The Balaban J connectivity index is 0.00000392. The van der Waals surface area contributed by atoms with Crippen LogP contribution in [-0.4, -0.2) is 47.4 Å². The summed E-state index contributed by atoms with van der Waals surface area (Å²) in [7, 11) is 2.07. The normalized spacial score (nSPS) is 11.1. The number of benzene rings is 1. The summed E-state index contributed by atoms with van der Waals surface area (Å²) >= 11 is 0. The molecule has 0 aliphatic rings. The summed E-state index contributed by atoms with van der Waals surface area (Å²) in [5.74, 6) is 1.84. The standard InChI is InChI=1S/C21H33N5O.HI/c1-6-22-21(23-13-8-14-26-18(4)15-17(3)24-26)25(5)16-19-9-11-20(12-10-19)27-7-2;/h9-12,15H,6-8,13-14,16H2,1-5H3,(H,22,23);1H. The van der Waals surface area contributed by atoms with E-state index in [1.165, 1.54) is 11.3 Å².